The van der Waals surface area contributed by atoms with Crippen molar-refractivity contribution < 1.29 is 30.7 Å². The molecule has 2 aromatic carbocycles. The molecule has 29 heavy (non-hydrogen) atoms. The number of halogens is 4. The molecular formula is C19H20F4N2O3S. The minimum absolute atomic E-state index is 0.0368. The highest BCUT2D eigenvalue weighted by molar-refractivity contribution is 7.89. The van der Waals surface area contributed by atoms with Crippen molar-refractivity contribution in [1.82, 2.24) is 5.32 Å². The van der Waals surface area contributed by atoms with Gasteiger partial charge in [-0.2, -0.15) is 0 Å². The highest BCUT2D eigenvalue weighted by atomic mass is 32.2. The monoisotopic (exact) mass is 432 g/mol. The minimum atomic E-state index is -4.90. The van der Waals surface area contributed by atoms with E-state index < -0.39 is 28.8 Å². The van der Waals surface area contributed by atoms with Gasteiger partial charge in [-0.15, -0.1) is 13.2 Å². The molecule has 10 heteroatoms. The summed E-state index contributed by atoms with van der Waals surface area (Å²) in [6.45, 7) is -0.170. The zero-order valence-electron chi connectivity index (χ0n) is 15.3. The van der Waals surface area contributed by atoms with E-state index in [2.05, 4.69) is 10.1 Å². The van der Waals surface area contributed by atoms with Crippen molar-refractivity contribution in [3.8, 4) is 16.9 Å². The molecule has 0 aliphatic heterocycles. The van der Waals surface area contributed by atoms with E-state index in [0.29, 0.717) is 18.4 Å². The fourth-order valence-electron chi connectivity index (χ4n) is 3.54. The molecule has 158 valence electrons. The molecule has 0 saturated heterocycles. The van der Waals surface area contributed by atoms with Crippen LogP contribution in [0.3, 0.4) is 0 Å². The molecule has 0 radical (unpaired) electrons. The summed E-state index contributed by atoms with van der Waals surface area (Å²) in [5, 5.41) is 8.37. The van der Waals surface area contributed by atoms with Gasteiger partial charge in [-0.05, 0) is 54.2 Å². The largest absolute Gasteiger partial charge is 0.573 e. The van der Waals surface area contributed by atoms with Crippen molar-refractivity contribution >= 4 is 10.0 Å². The number of benzene rings is 2. The van der Waals surface area contributed by atoms with Crippen LogP contribution in [-0.2, 0) is 22.9 Å². The fraction of sp³-hybridized carbons (Fsp3) is 0.368. The lowest BCUT2D eigenvalue weighted by atomic mass is 9.86. The maximum Gasteiger partial charge on any atom is 0.573 e. The Balaban J connectivity index is 1.98. The number of aryl methyl sites for hydroxylation is 1. The van der Waals surface area contributed by atoms with Crippen LogP contribution in [0, 0.1) is 0 Å². The molecule has 1 aliphatic rings. The van der Waals surface area contributed by atoms with Crippen molar-refractivity contribution in [3.05, 3.63) is 47.5 Å². The Morgan fingerprint density at radius 3 is 2.55 bits per heavy atom. The van der Waals surface area contributed by atoms with E-state index in [0.717, 1.165) is 35.7 Å². The standard InChI is InChI=1S/C19H20F4N2O3S/c20-7-8-25-15-4-3-12-9-14(2-1-13(12)10-15)17-11-16(28-19(21,22)23)5-6-18(17)29(24,26)27/h1-2,5-6,9,11,15,25H,3-4,7-8,10H2,(H2,24,26,27)/t15-/m0/s1. The molecule has 0 saturated carbocycles. The number of rotatable bonds is 6. The smallest absolute Gasteiger partial charge is 0.406 e. The first-order valence-corrected chi connectivity index (χ1v) is 10.5. The Hall–Kier alpha value is -2.17. The van der Waals surface area contributed by atoms with Crippen molar-refractivity contribution in [2.75, 3.05) is 13.2 Å². The summed E-state index contributed by atoms with van der Waals surface area (Å²) in [7, 11) is -4.16. The molecular weight excluding hydrogens is 412 g/mol. The van der Waals surface area contributed by atoms with Crippen LogP contribution in [0.25, 0.3) is 11.1 Å². The van der Waals surface area contributed by atoms with Gasteiger partial charge in [0, 0.05) is 18.2 Å². The third-order valence-electron chi connectivity index (χ3n) is 4.76. The van der Waals surface area contributed by atoms with Gasteiger partial charge in [-0.25, -0.2) is 17.9 Å². The number of nitrogens with one attached hydrogen (secondary N) is 1. The van der Waals surface area contributed by atoms with Crippen molar-refractivity contribution in [2.45, 2.75) is 36.6 Å². The highest BCUT2D eigenvalue weighted by Gasteiger charge is 2.32. The lowest BCUT2D eigenvalue weighted by molar-refractivity contribution is -0.274. The van der Waals surface area contributed by atoms with Gasteiger partial charge in [-0.3, -0.25) is 0 Å². The molecule has 0 bridgehead atoms. The molecule has 0 fully saturated rings. The van der Waals surface area contributed by atoms with E-state index >= 15 is 0 Å². The van der Waals surface area contributed by atoms with Gasteiger partial charge in [0.05, 0.1) is 4.90 Å². The Kier molecular flexibility index (Phi) is 6.16. The van der Waals surface area contributed by atoms with E-state index in [1.54, 1.807) is 18.2 Å². The topological polar surface area (TPSA) is 81.4 Å². The quantitative estimate of drug-likeness (QED) is 0.687. The fourth-order valence-corrected chi connectivity index (χ4v) is 4.28. The number of hydrogen-bond donors (Lipinski definition) is 2. The van der Waals surface area contributed by atoms with Crippen LogP contribution in [0.15, 0.2) is 41.3 Å². The maximum atomic E-state index is 12.6. The molecule has 3 N–H and O–H groups in total. The third-order valence-corrected chi connectivity index (χ3v) is 5.73. The summed E-state index contributed by atoms with van der Waals surface area (Å²) in [5.41, 5.74) is 2.45. The Bertz CT molecular complexity index is 993. The summed E-state index contributed by atoms with van der Waals surface area (Å²) < 4.78 is 77.8. The summed E-state index contributed by atoms with van der Waals surface area (Å²) in [6.07, 6.45) is -2.76. The number of hydrogen-bond acceptors (Lipinski definition) is 4. The second-order valence-electron chi connectivity index (χ2n) is 6.82. The molecule has 0 unspecified atom stereocenters. The number of primary sulfonamides is 1. The number of fused-ring (bicyclic) bond motifs is 1. The minimum Gasteiger partial charge on any atom is -0.406 e. The Morgan fingerprint density at radius 1 is 1.14 bits per heavy atom. The molecule has 1 aliphatic carbocycles. The van der Waals surface area contributed by atoms with Crippen LogP contribution in [-0.4, -0.2) is 34.0 Å². The van der Waals surface area contributed by atoms with E-state index in [4.69, 9.17) is 5.14 Å². The molecule has 0 heterocycles. The average Bonchev–Trinajstić information content (AvgIpc) is 2.63. The highest BCUT2D eigenvalue weighted by Crippen LogP contribution is 2.35. The predicted molar refractivity (Wildman–Crippen MR) is 99.7 cm³/mol. The molecule has 3 rings (SSSR count). The number of sulfonamides is 1. The third kappa shape index (κ3) is 5.46. The second kappa shape index (κ2) is 8.29. The first-order valence-electron chi connectivity index (χ1n) is 8.91. The van der Waals surface area contributed by atoms with Crippen LogP contribution in [0.5, 0.6) is 5.75 Å². The molecule has 5 nitrogen and oxygen atoms in total. The summed E-state index contributed by atoms with van der Waals surface area (Å²) in [6, 6.07) is 8.27. The summed E-state index contributed by atoms with van der Waals surface area (Å²) in [5.74, 6) is -0.534. The molecule has 0 aromatic heterocycles. The first-order chi connectivity index (χ1) is 13.6. The lowest BCUT2D eigenvalue weighted by Crippen LogP contribution is -2.35. The predicted octanol–water partition coefficient (Wildman–Crippen LogP) is 3.32. The normalized spacial score (nSPS) is 17.1. The summed E-state index contributed by atoms with van der Waals surface area (Å²) >= 11 is 0. The van der Waals surface area contributed by atoms with Crippen LogP contribution in [0.2, 0.25) is 0 Å². The van der Waals surface area contributed by atoms with E-state index in [1.165, 1.54) is 0 Å². The SMILES string of the molecule is NS(=O)(=O)c1ccc(OC(F)(F)F)cc1-c1ccc2c(c1)CC[C@H](NCCF)C2. The molecule has 0 spiro atoms. The van der Waals surface area contributed by atoms with E-state index in [9.17, 15) is 26.0 Å². The Labute approximate surface area is 165 Å². The zero-order chi connectivity index (χ0) is 21.2. The average molecular weight is 432 g/mol. The molecule has 2 aromatic rings. The van der Waals surface area contributed by atoms with Gasteiger partial charge < -0.3 is 10.1 Å². The van der Waals surface area contributed by atoms with E-state index in [-0.39, 0.29) is 23.0 Å². The van der Waals surface area contributed by atoms with Crippen molar-refractivity contribution in [1.29, 1.82) is 0 Å². The van der Waals surface area contributed by atoms with Crippen molar-refractivity contribution in [3.63, 3.8) is 0 Å². The second-order valence-corrected chi connectivity index (χ2v) is 8.35. The zero-order valence-corrected chi connectivity index (χ0v) is 16.1. The van der Waals surface area contributed by atoms with Crippen LogP contribution in [0.4, 0.5) is 17.6 Å². The Morgan fingerprint density at radius 2 is 1.90 bits per heavy atom. The van der Waals surface area contributed by atoms with Crippen LogP contribution < -0.4 is 15.2 Å². The van der Waals surface area contributed by atoms with Crippen LogP contribution >= 0.6 is 0 Å². The maximum absolute atomic E-state index is 12.6. The molecule has 1 atom stereocenters. The van der Waals surface area contributed by atoms with Crippen molar-refractivity contribution in [2.24, 2.45) is 5.14 Å². The number of ether oxygens (including phenoxy) is 1. The van der Waals surface area contributed by atoms with Crippen LogP contribution in [0.1, 0.15) is 17.5 Å². The first kappa shape index (κ1) is 21.5. The molecule has 0 amide bonds. The number of alkyl halides is 4. The van der Waals surface area contributed by atoms with E-state index in [1.807, 2.05) is 0 Å². The summed E-state index contributed by atoms with van der Waals surface area (Å²) in [4.78, 5) is -0.287. The lowest BCUT2D eigenvalue weighted by Gasteiger charge is -2.26. The van der Waals surface area contributed by atoms with Gasteiger partial charge in [0.25, 0.3) is 0 Å². The van der Waals surface area contributed by atoms with Gasteiger partial charge in [0.1, 0.15) is 12.4 Å². The van der Waals surface area contributed by atoms with Gasteiger partial charge in [-0.1, -0.05) is 18.2 Å². The van der Waals surface area contributed by atoms with Gasteiger partial charge in [0.15, 0.2) is 0 Å². The van der Waals surface area contributed by atoms with Gasteiger partial charge in [0.2, 0.25) is 10.0 Å². The number of nitrogens with two attached hydrogens (primary N) is 1. The van der Waals surface area contributed by atoms with Gasteiger partial charge >= 0.3 is 6.36 Å².